The van der Waals surface area contributed by atoms with Gasteiger partial charge in [0.05, 0.1) is 6.10 Å². The van der Waals surface area contributed by atoms with Gasteiger partial charge in [-0.3, -0.25) is 0 Å². The molecule has 19 heavy (non-hydrogen) atoms. The molecule has 0 aliphatic rings. The maximum atomic E-state index is 10.1. The highest BCUT2D eigenvalue weighted by molar-refractivity contribution is 5.18. The zero-order chi connectivity index (χ0) is 13.5. The number of aliphatic hydroxyl groups excluding tert-OH is 1. The molecule has 0 radical (unpaired) electrons. The van der Waals surface area contributed by atoms with Gasteiger partial charge in [-0.25, -0.2) is 0 Å². The van der Waals surface area contributed by atoms with E-state index >= 15 is 0 Å². The van der Waals surface area contributed by atoms with Crippen molar-refractivity contribution in [2.75, 3.05) is 20.1 Å². The van der Waals surface area contributed by atoms with Crippen molar-refractivity contribution in [3.05, 3.63) is 71.8 Å². The zero-order valence-electron chi connectivity index (χ0n) is 11.4. The smallest absolute Gasteiger partial charge is 0.0916 e. The van der Waals surface area contributed by atoms with Crippen LogP contribution in [0.1, 0.15) is 17.2 Å². The molecular weight excluding hydrogens is 234 g/mol. The third-order valence-corrected chi connectivity index (χ3v) is 3.29. The van der Waals surface area contributed by atoms with Crippen molar-refractivity contribution in [1.29, 1.82) is 0 Å². The van der Waals surface area contributed by atoms with E-state index in [4.69, 9.17) is 0 Å². The van der Waals surface area contributed by atoms with Crippen LogP contribution in [0, 0.1) is 0 Å². The first kappa shape index (κ1) is 13.8. The Morgan fingerprint density at radius 3 is 2.16 bits per heavy atom. The molecule has 2 aromatic carbocycles. The highest BCUT2D eigenvalue weighted by Crippen LogP contribution is 2.13. The fourth-order valence-electron chi connectivity index (χ4n) is 2.13. The highest BCUT2D eigenvalue weighted by atomic mass is 16.3. The van der Waals surface area contributed by atoms with E-state index in [1.54, 1.807) is 0 Å². The van der Waals surface area contributed by atoms with Gasteiger partial charge in [-0.15, -0.1) is 0 Å². The molecule has 0 fully saturated rings. The lowest BCUT2D eigenvalue weighted by Gasteiger charge is -2.20. The van der Waals surface area contributed by atoms with E-state index in [0.717, 1.165) is 18.5 Å². The lowest BCUT2D eigenvalue weighted by atomic mass is 10.1. The molecule has 2 aromatic rings. The molecule has 0 bridgehead atoms. The second-order valence-electron chi connectivity index (χ2n) is 4.92. The molecule has 0 saturated heterocycles. The SMILES string of the molecule is CN(CCc1ccccc1)C[C@@H](O)c1ccccc1. The standard InChI is InChI=1S/C17H21NO/c1-18(13-12-15-8-4-2-5-9-15)14-17(19)16-10-6-3-7-11-16/h2-11,17,19H,12-14H2,1H3/t17-/m1/s1. The zero-order valence-corrected chi connectivity index (χ0v) is 11.4. The Morgan fingerprint density at radius 2 is 1.53 bits per heavy atom. The van der Waals surface area contributed by atoms with E-state index in [2.05, 4.69) is 36.2 Å². The topological polar surface area (TPSA) is 23.5 Å². The molecule has 1 atom stereocenters. The monoisotopic (exact) mass is 255 g/mol. The lowest BCUT2D eigenvalue weighted by molar-refractivity contribution is 0.127. The fourth-order valence-corrected chi connectivity index (χ4v) is 2.13. The van der Waals surface area contributed by atoms with E-state index in [-0.39, 0.29) is 0 Å². The number of rotatable bonds is 6. The maximum absolute atomic E-state index is 10.1. The Bertz CT molecular complexity index is 469. The quantitative estimate of drug-likeness (QED) is 0.858. The van der Waals surface area contributed by atoms with Gasteiger partial charge < -0.3 is 10.0 Å². The first-order valence-electron chi connectivity index (χ1n) is 6.71. The fraction of sp³-hybridized carbons (Fsp3) is 0.294. The van der Waals surface area contributed by atoms with Gasteiger partial charge in [0.1, 0.15) is 0 Å². The molecule has 0 aromatic heterocycles. The Hall–Kier alpha value is -1.64. The summed E-state index contributed by atoms with van der Waals surface area (Å²) in [6.07, 6.45) is 0.598. The van der Waals surface area contributed by atoms with E-state index in [1.165, 1.54) is 5.56 Å². The molecule has 0 amide bonds. The summed E-state index contributed by atoms with van der Waals surface area (Å²) >= 11 is 0. The number of likely N-dealkylation sites (N-methyl/N-ethyl adjacent to an activating group) is 1. The molecule has 2 heteroatoms. The minimum absolute atomic E-state index is 0.415. The van der Waals surface area contributed by atoms with Crippen LogP contribution < -0.4 is 0 Å². The Labute approximate surface area is 115 Å². The summed E-state index contributed by atoms with van der Waals surface area (Å²) < 4.78 is 0. The third kappa shape index (κ3) is 4.51. The summed E-state index contributed by atoms with van der Waals surface area (Å²) in [5, 5.41) is 10.1. The van der Waals surface area contributed by atoms with Crippen molar-refractivity contribution < 1.29 is 5.11 Å². The molecule has 0 aliphatic heterocycles. The van der Waals surface area contributed by atoms with Crippen LogP contribution in [0.2, 0.25) is 0 Å². The molecule has 0 spiro atoms. The second-order valence-corrected chi connectivity index (χ2v) is 4.92. The maximum Gasteiger partial charge on any atom is 0.0916 e. The Morgan fingerprint density at radius 1 is 0.947 bits per heavy atom. The molecule has 2 nitrogen and oxygen atoms in total. The average molecular weight is 255 g/mol. The number of hydrogen-bond donors (Lipinski definition) is 1. The van der Waals surface area contributed by atoms with Gasteiger partial charge in [-0.1, -0.05) is 60.7 Å². The highest BCUT2D eigenvalue weighted by Gasteiger charge is 2.09. The van der Waals surface area contributed by atoms with Gasteiger partial charge in [0.2, 0.25) is 0 Å². The van der Waals surface area contributed by atoms with Gasteiger partial charge in [0.15, 0.2) is 0 Å². The van der Waals surface area contributed by atoms with Crippen molar-refractivity contribution in [2.45, 2.75) is 12.5 Å². The van der Waals surface area contributed by atoms with Gasteiger partial charge in [0.25, 0.3) is 0 Å². The van der Waals surface area contributed by atoms with Gasteiger partial charge in [0, 0.05) is 13.1 Å². The van der Waals surface area contributed by atoms with Crippen LogP contribution in [0.4, 0.5) is 0 Å². The molecule has 0 aliphatic carbocycles. The number of nitrogens with zero attached hydrogens (tertiary/aromatic N) is 1. The summed E-state index contributed by atoms with van der Waals surface area (Å²) in [6, 6.07) is 20.3. The van der Waals surface area contributed by atoms with Crippen molar-refractivity contribution in [3.63, 3.8) is 0 Å². The largest absolute Gasteiger partial charge is 0.387 e. The van der Waals surface area contributed by atoms with Crippen LogP contribution in [0.3, 0.4) is 0 Å². The molecule has 1 N–H and O–H groups in total. The summed E-state index contributed by atoms with van der Waals surface area (Å²) in [6.45, 7) is 1.62. The summed E-state index contributed by atoms with van der Waals surface area (Å²) in [5.41, 5.74) is 2.32. The predicted molar refractivity (Wildman–Crippen MR) is 79.0 cm³/mol. The number of hydrogen-bond acceptors (Lipinski definition) is 2. The first-order chi connectivity index (χ1) is 9.25. The van der Waals surface area contributed by atoms with E-state index in [0.29, 0.717) is 6.54 Å². The molecular formula is C17H21NO. The lowest BCUT2D eigenvalue weighted by Crippen LogP contribution is -2.26. The van der Waals surface area contributed by atoms with Crippen molar-refractivity contribution in [3.8, 4) is 0 Å². The van der Waals surface area contributed by atoms with Crippen molar-refractivity contribution in [1.82, 2.24) is 4.90 Å². The number of aliphatic hydroxyl groups is 1. The van der Waals surface area contributed by atoms with Crippen molar-refractivity contribution in [2.24, 2.45) is 0 Å². The second kappa shape index (κ2) is 7.07. The van der Waals surface area contributed by atoms with Gasteiger partial charge >= 0.3 is 0 Å². The summed E-state index contributed by atoms with van der Waals surface area (Å²) in [4.78, 5) is 2.17. The van der Waals surface area contributed by atoms with E-state index < -0.39 is 6.10 Å². The third-order valence-electron chi connectivity index (χ3n) is 3.29. The normalized spacial score (nSPS) is 12.6. The number of benzene rings is 2. The average Bonchev–Trinajstić information content (AvgIpc) is 2.47. The molecule has 0 saturated carbocycles. The Balaban J connectivity index is 1.80. The minimum Gasteiger partial charge on any atom is -0.387 e. The molecule has 2 rings (SSSR count). The summed E-state index contributed by atoms with van der Waals surface area (Å²) in [7, 11) is 2.05. The predicted octanol–water partition coefficient (Wildman–Crippen LogP) is 2.89. The van der Waals surface area contributed by atoms with Crippen LogP contribution >= 0.6 is 0 Å². The van der Waals surface area contributed by atoms with E-state index in [9.17, 15) is 5.11 Å². The first-order valence-corrected chi connectivity index (χ1v) is 6.71. The summed E-state index contributed by atoms with van der Waals surface area (Å²) in [5.74, 6) is 0. The van der Waals surface area contributed by atoms with Gasteiger partial charge in [-0.05, 0) is 24.6 Å². The van der Waals surface area contributed by atoms with E-state index in [1.807, 2.05) is 36.4 Å². The van der Waals surface area contributed by atoms with Crippen LogP contribution in [-0.2, 0) is 6.42 Å². The minimum atomic E-state index is -0.415. The Kier molecular flexibility index (Phi) is 5.13. The van der Waals surface area contributed by atoms with Crippen LogP contribution in [0.5, 0.6) is 0 Å². The van der Waals surface area contributed by atoms with Gasteiger partial charge in [-0.2, -0.15) is 0 Å². The van der Waals surface area contributed by atoms with Crippen LogP contribution in [-0.4, -0.2) is 30.1 Å². The van der Waals surface area contributed by atoms with Crippen molar-refractivity contribution >= 4 is 0 Å². The molecule has 0 unspecified atom stereocenters. The molecule has 0 heterocycles. The van der Waals surface area contributed by atoms with Crippen LogP contribution in [0.25, 0.3) is 0 Å². The molecule has 100 valence electrons. The van der Waals surface area contributed by atoms with Crippen LogP contribution in [0.15, 0.2) is 60.7 Å².